The second-order valence-electron chi connectivity index (χ2n) is 9.71. The molecule has 11 heteroatoms. The summed E-state index contributed by atoms with van der Waals surface area (Å²) in [5.74, 6) is -1.01. The Morgan fingerprint density at radius 3 is 2.28 bits per heavy atom. The number of hydrogen-bond donors (Lipinski definition) is 1. The number of thiophene rings is 1. The third kappa shape index (κ3) is 7.11. The second kappa shape index (κ2) is 13.3. The van der Waals surface area contributed by atoms with E-state index in [9.17, 15) is 23.1 Å². The van der Waals surface area contributed by atoms with Gasteiger partial charge >= 0.3 is 5.97 Å². The highest BCUT2D eigenvalue weighted by Crippen LogP contribution is 2.42. The second-order valence-corrected chi connectivity index (χ2v) is 14.3. The molecule has 43 heavy (non-hydrogen) atoms. The lowest BCUT2D eigenvalue weighted by atomic mass is 10.1. The number of carboxylic acids is 1. The van der Waals surface area contributed by atoms with Gasteiger partial charge in [0, 0.05) is 21.7 Å². The van der Waals surface area contributed by atoms with Crippen LogP contribution in [0, 0.1) is 6.92 Å². The molecular formula is C32H27ClN2O5S3. The van der Waals surface area contributed by atoms with Crippen molar-refractivity contribution in [2.75, 3.05) is 17.4 Å². The number of halogens is 1. The summed E-state index contributed by atoms with van der Waals surface area (Å²) in [5, 5.41) is 10.9. The number of fused-ring (bicyclic) bond motifs is 1. The predicted octanol–water partition coefficient (Wildman–Crippen LogP) is 7.52. The van der Waals surface area contributed by atoms with Gasteiger partial charge in [-0.2, -0.15) is 4.31 Å². The molecule has 5 rings (SSSR count). The van der Waals surface area contributed by atoms with Crippen LogP contribution in [0.5, 0.6) is 0 Å². The van der Waals surface area contributed by atoms with E-state index in [0.29, 0.717) is 32.0 Å². The molecule has 0 saturated heterocycles. The maximum Gasteiger partial charge on any atom is 0.324 e. The lowest BCUT2D eigenvalue weighted by Gasteiger charge is -2.22. The fourth-order valence-corrected chi connectivity index (χ4v) is 8.29. The normalized spacial score (nSPS) is 11.6. The first-order valence-electron chi connectivity index (χ1n) is 13.2. The smallest absolute Gasteiger partial charge is 0.324 e. The molecule has 0 spiro atoms. The number of anilines is 1. The van der Waals surface area contributed by atoms with Crippen molar-refractivity contribution in [2.24, 2.45) is 0 Å². The zero-order valence-corrected chi connectivity index (χ0v) is 26.2. The first kappa shape index (κ1) is 30.8. The number of carbonyl (C=O) groups is 2. The van der Waals surface area contributed by atoms with E-state index < -0.39 is 16.0 Å². The number of aldehydes is 1. The number of aryl methyl sites for hydroxylation is 1. The summed E-state index contributed by atoms with van der Waals surface area (Å²) in [5.41, 5.74) is 3.68. The van der Waals surface area contributed by atoms with Gasteiger partial charge < -0.3 is 14.2 Å². The number of hydrogen-bond acceptors (Lipinski definition) is 7. The van der Waals surface area contributed by atoms with E-state index in [0.717, 1.165) is 25.9 Å². The average molecular weight is 651 g/mol. The Kier molecular flexibility index (Phi) is 9.53. The van der Waals surface area contributed by atoms with E-state index in [4.69, 9.17) is 11.6 Å². The number of sulfonamides is 1. The molecule has 1 aromatic heterocycles. The number of carboxylic acid groups (broad SMARTS) is 1. The lowest BCUT2D eigenvalue weighted by molar-refractivity contribution is -0.135. The van der Waals surface area contributed by atoms with E-state index in [2.05, 4.69) is 0 Å². The Bertz CT molecular complexity index is 1860. The van der Waals surface area contributed by atoms with Gasteiger partial charge in [-0.3, -0.25) is 4.79 Å². The minimum Gasteiger partial charge on any atom is -0.480 e. The molecule has 0 aliphatic heterocycles. The van der Waals surface area contributed by atoms with E-state index in [-0.39, 0.29) is 24.5 Å². The van der Waals surface area contributed by atoms with Gasteiger partial charge in [0.05, 0.1) is 26.9 Å². The zero-order valence-electron chi connectivity index (χ0n) is 23.0. The van der Waals surface area contributed by atoms with Gasteiger partial charge in [0.25, 0.3) is 0 Å². The number of rotatable bonds is 12. The van der Waals surface area contributed by atoms with Crippen LogP contribution in [0.25, 0.3) is 21.2 Å². The van der Waals surface area contributed by atoms with Crippen LogP contribution in [0.15, 0.2) is 107 Å². The van der Waals surface area contributed by atoms with Crippen molar-refractivity contribution in [1.82, 2.24) is 4.31 Å². The highest BCUT2D eigenvalue weighted by Gasteiger charge is 2.26. The van der Waals surface area contributed by atoms with E-state index >= 15 is 0 Å². The molecule has 0 aliphatic carbocycles. The summed E-state index contributed by atoms with van der Waals surface area (Å²) in [4.78, 5) is 25.0. The number of carbonyl (C=O) groups excluding carboxylic acids is 1. The summed E-state index contributed by atoms with van der Waals surface area (Å²) in [6, 6.07) is 29.6. The topological polar surface area (TPSA) is 95.0 Å². The molecule has 7 nitrogen and oxygen atoms in total. The van der Waals surface area contributed by atoms with Crippen LogP contribution in [0.2, 0.25) is 5.02 Å². The van der Waals surface area contributed by atoms with Gasteiger partial charge in [-0.05, 0) is 72.5 Å². The highest BCUT2D eigenvalue weighted by atomic mass is 35.5. The molecule has 1 N–H and O–H groups in total. The van der Waals surface area contributed by atoms with Gasteiger partial charge in [-0.15, -0.1) is 11.3 Å². The Hall–Kier alpha value is -3.67. The standard InChI is InChI=1S/C32H27ClN2O5S3/c1-22-7-13-27(14-8-22)43(39,40)34(17-18-36)20-26-19-28-30(16-15-29(33)32(28)41-26)35(21-31(37)38)42-25-11-9-24(10-12-25)23-5-3-2-4-6-23/h2-16,18-19H,17,20-21H2,1H3,(H,37,38). The maximum absolute atomic E-state index is 13.4. The van der Waals surface area contributed by atoms with Crippen LogP contribution >= 0.6 is 34.9 Å². The molecule has 0 bridgehead atoms. The monoisotopic (exact) mass is 650 g/mol. The quantitative estimate of drug-likeness (QED) is 0.110. The molecule has 0 unspecified atom stereocenters. The van der Waals surface area contributed by atoms with Crippen molar-refractivity contribution in [2.45, 2.75) is 23.3 Å². The molecule has 0 aliphatic rings. The van der Waals surface area contributed by atoms with Crippen LogP contribution in [0.1, 0.15) is 10.4 Å². The summed E-state index contributed by atoms with van der Waals surface area (Å²) >= 11 is 9.17. The Morgan fingerprint density at radius 2 is 1.63 bits per heavy atom. The molecule has 220 valence electrons. The highest BCUT2D eigenvalue weighted by molar-refractivity contribution is 8.00. The summed E-state index contributed by atoms with van der Waals surface area (Å²) < 4.78 is 30.3. The molecular weight excluding hydrogens is 624 g/mol. The Morgan fingerprint density at radius 1 is 0.953 bits per heavy atom. The predicted molar refractivity (Wildman–Crippen MR) is 174 cm³/mol. The van der Waals surface area contributed by atoms with Crippen LogP contribution < -0.4 is 4.31 Å². The van der Waals surface area contributed by atoms with Gasteiger partial charge in [0.1, 0.15) is 12.8 Å². The summed E-state index contributed by atoms with van der Waals surface area (Å²) in [6.07, 6.45) is 0.561. The number of nitrogens with zero attached hydrogens (tertiary/aromatic N) is 2. The van der Waals surface area contributed by atoms with E-state index in [1.165, 1.54) is 35.4 Å². The fraction of sp³-hybridized carbons (Fsp3) is 0.125. The van der Waals surface area contributed by atoms with E-state index in [1.54, 1.807) is 28.6 Å². The van der Waals surface area contributed by atoms with Crippen molar-refractivity contribution in [3.05, 3.63) is 113 Å². The molecule has 0 radical (unpaired) electrons. The van der Waals surface area contributed by atoms with Gasteiger partial charge in [-0.1, -0.05) is 71.8 Å². The summed E-state index contributed by atoms with van der Waals surface area (Å²) in [7, 11) is -3.95. The maximum atomic E-state index is 13.4. The Labute approximate surface area is 263 Å². The van der Waals surface area contributed by atoms with Gasteiger partial charge in [0.2, 0.25) is 10.0 Å². The van der Waals surface area contributed by atoms with E-state index in [1.807, 2.05) is 67.6 Å². The van der Waals surface area contributed by atoms with Crippen LogP contribution in [-0.4, -0.2) is 43.2 Å². The van der Waals surface area contributed by atoms with Crippen molar-refractivity contribution in [3.63, 3.8) is 0 Å². The largest absolute Gasteiger partial charge is 0.480 e. The van der Waals surface area contributed by atoms with Crippen molar-refractivity contribution < 1.29 is 23.1 Å². The number of aliphatic carboxylic acids is 1. The molecule has 0 saturated carbocycles. The van der Waals surface area contributed by atoms with Gasteiger partial charge in [-0.25, -0.2) is 8.42 Å². The first-order valence-corrected chi connectivity index (χ1v) is 16.6. The molecule has 0 amide bonds. The van der Waals surface area contributed by atoms with Crippen LogP contribution in [-0.2, 0) is 26.2 Å². The zero-order chi connectivity index (χ0) is 30.6. The minimum absolute atomic E-state index is 0.0446. The van der Waals surface area contributed by atoms with Crippen molar-refractivity contribution in [1.29, 1.82) is 0 Å². The molecule has 1 heterocycles. The minimum atomic E-state index is -3.95. The first-order chi connectivity index (χ1) is 20.7. The van der Waals surface area contributed by atoms with Crippen LogP contribution in [0.3, 0.4) is 0 Å². The van der Waals surface area contributed by atoms with Crippen molar-refractivity contribution >= 4 is 72.9 Å². The molecule has 5 aromatic rings. The number of benzene rings is 4. The lowest BCUT2D eigenvalue weighted by Crippen LogP contribution is -2.32. The molecule has 0 atom stereocenters. The molecule has 0 fully saturated rings. The molecule has 4 aromatic carbocycles. The SMILES string of the molecule is Cc1ccc(S(=O)(=O)N(CC=O)Cc2cc3c(N(CC(=O)O)Sc4ccc(-c5ccccc5)cc4)ccc(Cl)c3s2)cc1. The summed E-state index contributed by atoms with van der Waals surface area (Å²) in [6.45, 7) is 1.22. The third-order valence-electron chi connectivity index (χ3n) is 6.66. The van der Waals surface area contributed by atoms with Gasteiger partial charge in [0.15, 0.2) is 0 Å². The van der Waals surface area contributed by atoms with Crippen LogP contribution in [0.4, 0.5) is 5.69 Å². The Balaban J connectivity index is 1.47. The van der Waals surface area contributed by atoms with Crippen molar-refractivity contribution in [3.8, 4) is 11.1 Å². The average Bonchev–Trinajstić information content (AvgIpc) is 3.42. The third-order valence-corrected chi connectivity index (χ3v) is 11.1. The fourth-order valence-electron chi connectivity index (χ4n) is 4.54.